The average molecular weight is 304 g/mol. The highest BCUT2D eigenvalue weighted by atomic mass is 35.5. The number of amides is 1. The van der Waals surface area contributed by atoms with E-state index in [1.54, 1.807) is 44.2 Å². The van der Waals surface area contributed by atoms with Crippen molar-refractivity contribution in [3.8, 4) is 0 Å². The first-order valence-corrected chi connectivity index (χ1v) is 6.69. The molecule has 0 radical (unpaired) electrons. The molecule has 1 amide bonds. The van der Waals surface area contributed by atoms with Crippen molar-refractivity contribution < 1.29 is 14.7 Å². The topological polar surface area (TPSA) is 66.4 Å². The molecule has 2 rings (SSSR count). The summed E-state index contributed by atoms with van der Waals surface area (Å²) in [5.41, 5.74) is 2.29. The van der Waals surface area contributed by atoms with Gasteiger partial charge in [-0.05, 0) is 49.2 Å². The minimum Gasteiger partial charge on any atom is -0.478 e. The SMILES string of the molecule is Cc1c(Cl)cccc1C(=O)Nc1cccc(C(=O)O)c1C. The van der Waals surface area contributed by atoms with Crippen molar-refractivity contribution in [1.82, 2.24) is 0 Å². The first kappa shape index (κ1) is 15.1. The summed E-state index contributed by atoms with van der Waals surface area (Å²) in [6.07, 6.45) is 0. The fourth-order valence-corrected chi connectivity index (χ4v) is 2.22. The summed E-state index contributed by atoms with van der Waals surface area (Å²) in [5.74, 6) is -1.34. The Labute approximate surface area is 127 Å². The van der Waals surface area contributed by atoms with Gasteiger partial charge in [0.1, 0.15) is 0 Å². The van der Waals surface area contributed by atoms with Gasteiger partial charge in [-0.15, -0.1) is 0 Å². The van der Waals surface area contributed by atoms with Crippen molar-refractivity contribution in [2.24, 2.45) is 0 Å². The van der Waals surface area contributed by atoms with Crippen LogP contribution in [-0.2, 0) is 0 Å². The van der Waals surface area contributed by atoms with Crippen LogP contribution < -0.4 is 5.32 Å². The molecule has 0 atom stereocenters. The van der Waals surface area contributed by atoms with Crippen molar-refractivity contribution in [1.29, 1.82) is 0 Å². The Morgan fingerprint density at radius 2 is 1.62 bits per heavy atom. The van der Waals surface area contributed by atoms with Crippen molar-refractivity contribution in [2.45, 2.75) is 13.8 Å². The molecule has 0 spiro atoms. The largest absolute Gasteiger partial charge is 0.478 e. The highest BCUT2D eigenvalue weighted by Crippen LogP contribution is 2.22. The van der Waals surface area contributed by atoms with E-state index >= 15 is 0 Å². The van der Waals surface area contributed by atoms with Gasteiger partial charge < -0.3 is 10.4 Å². The molecule has 2 aromatic carbocycles. The van der Waals surface area contributed by atoms with E-state index in [0.717, 1.165) is 0 Å². The lowest BCUT2D eigenvalue weighted by atomic mass is 10.1. The number of hydrogen-bond acceptors (Lipinski definition) is 2. The summed E-state index contributed by atoms with van der Waals surface area (Å²) in [6, 6.07) is 9.84. The van der Waals surface area contributed by atoms with Crippen LogP contribution in [0.3, 0.4) is 0 Å². The van der Waals surface area contributed by atoms with Crippen LogP contribution in [0.1, 0.15) is 31.8 Å². The number of carboxylic acids is 1. The van der Waals surface area contributed by atoms with Gasteiger partial charge in [0.15, 0.2) is 0 Å². The van der Waals surface area contributed by atoms with E-state index in [2.05, 4.69) is 5.32 Å². The number of carbonyl (C=O) groups excluding carboxylic acids is 1. The molecule has 0 unspecified atom stereocenters. The summed E-state index contributed by atoms with van der Waals surface area (Å²) in [4.78, 5) is 23.4. The van der Waals surface area contributed by atoms with Gasteiger partial charge in [-0.25, -0.2) is 4.79 Å². The number of aromatic carboxylic acids is 1. The maximum absolute atomic E-state index is 12.3. The number of anilines is 1. The fraction of sp³-hybridized carbons (Fsp3) is 0.125. The molecular formula is C16H14ClNO3. The highest BCUT2D eigenvalue weighted by molar-refractivity contribution is 6.32. The number of hydrogen-bond donors (Lipinski definition) is 2. The van der Waals surface area contributed by atoms with Crippen molar-refractivity contribution >= 4 is 29.2 Å². The normalized spacial score (nSPS) is 10.2. The number of carbonyl (C=O) groups is 2. The molecule has 0 aliphatic heterocycles. The van der Waals surface area contributed by atoms with Gasteiger partial charge in [-0.1, -0.05) is 23.7 Å². The zero-order valence-electron chi connectivity index (χ0n) is 11.6. The third kappa shape index (κ3) is 3.06. The van der Waals surface area contributed by atoms with Crippen molar-refractivity contribution in [2.75, 3.05) is 5.32 Å². The Balaban J connectivity index is 2.34. The van der Waals surface area contributed by atoms with E-state index in [9.17, 15) is 9.59 Å². The molecule has 2 N–H and O–H groups in total. The van der Waals surface area contributed by atoms with E-state index in [1.807, 2.05) is 0 Å². The number of benzene rings is 2. The fourth-order valence-electron chi connectivity index (χ4n) is 2.05. The Hall–Kier alpha value is -2.33. The lowest BCUT2D eigenvalue weighted by molar-refractivity contribution is 0.0695. The summed E-state index contributed by atoms with van der Waals surface area (Å²) in [7, 11) is 0. The van der Waals surface area contributed by atoms with Gasteiger partial charge in [0.2, 0.25) is 0 Å². The lowest BCUT2D eigenvalue weighted by Gasteiger charge is -2.12. The smallest absolute Gasteiger partial charge is 0.336 e. The van der Waals surface area contributed by atoms with Gasteiger partial charge in [-0.3, -0.25) is 4.79 Å². The highest BCUT2D eigenvalue weighted by Gasteiger charge is 2.15. The minimum atomic E-state index is -1.03. The maximum atomic E-state index is 12.3. The third-order valence-electron chi connectivity index (χ3n) is 3.32. The van der Waals surface area contributed by atoms with E-state index in [-0.39, 0.29) is 11.5 Å². The summed E-state index contributed by atoms with van der Waals surface area (Å²) in [6.45, 7) is 3.42. The number of carboxylic acid groups (broad SMARTS) is 1. The summed E-state index contributed by atoms with van der Waals surface area (Å²) in [5, 5.41) is 12.3. The predicted octanol–water partition coefficient (Wildman–Crippen LogP) is 3.91. The Bertz CT molecular complexity index is 725. The van der Waals surface area contributed by atoms with Gasteiger partial charge in [-0.2, -0.15) is 0 Å². The van der Waals surface area contributed by atoms with E-state index in [0.29, 0.717) is 27.4 Å². The minimum absolute atomic E-state index is 0.163. The van der Waals surface area contributed by atoms with E-state index in [4.69, 9.17) is 16.7 Å². The van der Waals surface area contributed by atoms with Gasteiger partial charge >= 0.3 is 5.97 Å². The number of rotatable bonds is 3. The number of halogens is 1. The molecule has 0 saturated carbocycles. The van der Waals surface area contributed by atoms with Crippen LogP contribution in [0, 0.1) is 13.8 Å². The summed E-state index contributed by atoms with van der Waals surface area (Å²) < 4.78 is 0. The lowest BCUT2D eigenvalue weighted by Crippen LogP contribution is -2.15. The Kier molecular flexibility index (Phi) is 4.29. The van der Waals surface area contributed by atoms with Crippen LogP contribution in [0.4, 0.5) is 5.69 Å². The molecule has 0 saturated heterocycles. The maximum Gasteiger partial charge on any atom is 0.336 e. The quantitative estimate of drug-likeness (QED) is 0.903. The molecule has 5 heteroatoms. The number of nitrogens with one attached hydrogen (secondary N) is 1. The van der Waals surface area contributed by atoms with Crippen LogP contribution in [0.15, 0.2) is 36.4 Å². The molecule has 0 aliphatic rings. The van der Waals surface area contributed by atoms with Crippen LogP contribution >= 0.6 is 11.6 Å². The Morgan fingerprint density at radius 3 is 2.29 bits per heavy atom. The molecule has 4 nitrogen and oxygen atoms in total. The first-order valence-electron chi connectivity index (χ1n) is 6.31. The monoisotopic (exact) mass is 303 g/mol. The third-order valence-corrected chi connectivity index (χ3v) is 3.73. The second-order valence-electron chi connectivity index (χ2n) is 4.65. The average Bonchev–Trinajstić information content (AvgIpc) is 2.43. The van der Waals surface area contributed by atoms with Crippen LogP contribution in [-0.4, -0.2) is 17.0 Å². The van der Waals surface area contributed by atoms with Crippen LogP contribution in [0.2, 0.25) is 5.02 Å². The van der Waals surface area contributed by atoms with Crippen molar-refractivity contribution in [3.63, 3.8) is 0 Å². The predicted molar refractivity (Wildman–Crippen MR) is 82.3 cm³/mol. The molecule has 21 heavy (non-hydrogen) atoms. The van der Waals surface area contributed by atoms with Crippen molar-refractivity contribution in [3.05, 3.63) is 63.7 Å². The molecule has 0 bridgehead atoms. The molecule has 0 heterocycles. The molecule has 0 aliphatic carbocycles. The van der Waals surface area contributed by atoms with E-state index < -0.39 is 5.97 Å². The Morgan fingerprint density at radius 1 is 1.00 bits per heavy atom. The molecule has 108 valence electrons. The molecule has 0 fully saturated rings. The second kappa shape index (κ2) is 5.97. The van der Waals surface area contributed by atoms with Gasteiger partial charge in [0.25, 0.3) is 5.91 Å². The standard InChI is InChI=1S/C16H14ClNO3/c1-9-11(5-3-7-13(9)17)15(19)18-14-8-4-6-12(10(14)2)16(20)21/h3-8H,1-2H3,(H,18,19)(H,20,21). The molecule has 2 aromatic rings. The van der Waals surface area contributed by atoms with Gasteiger partial charge in [0.05, 0.1) is 5.56 Å². The zero-order valence-corrected chi connectivity index (χ0v) is 12.4. The van der Waals surface area contributed by atoms with E-state index in [1.165, 1.54) is 6.07 Å². The van der Waals surface area contributed by atoms with Gasteiger partial charge in [0, 0.05) is 16.3 Å². The van der Waals surface area contributed by atoms with Crippen LogP contribution in [0.5, 0.6) is 0 Å². The second-order valence-corrected chi connectivity index (χ2v) is 5.06. The zero-order chi connectivity index (χ0) is 15.6. The molecule has 0 aromatic heterocycles. The molecular weight excluding hydrogens is 290 g/mol. The van der Waals surface area contributed by atoms with Crippen LogP contribution in [0.25, 0.3) is 0 Å². The first-order chi connectivity index (χ1) is 9.91. The summed E-state index contributed by atoms with van der Waals surface area (Å²) >= 11 is 6.00.